The Morgan fingerprint density at radius 2 is 1.94 bits per heavy atom. The summed E-state index contributed by atoms with van der Waals surface area (Å²) < 4.78 is 25.9. The van der Waals surface area contributed by atoms with Crippen LogP contribution in [0.2, 0.25) is 0 Å². The van der Waals surface area contributed by atoms with Gasteiger partial charge in [-0.15, -0.1) is 0 Å². The van der Waals surface area contributed by atoms with Crippen molar-refractivity contribution < 1.29 is 8.42 Å². The molecule has 0 aliphatic heterocycles. The van der Waals surface area contributed by atoms with Crippen LogP contribution in [0.1, 0.15) is 39.0 Å². The molecule has 100 valence electrons. The highest BCUT2D eigenvalue weighted by molar-refractivity contribution is 7.89. The monoisotopic (exact) mass is 260 g/mol. The van der Waals surface area contributed by atoms with E-state index in [9.17, 15) is 8.42 Å². The Kier molecular flexibility index (Phi) is 4.44. The number of hydrogen-bond donors (Lipinski definition) is 1. The van der Waals surface area contributed by atoms with Crippen molar-refractivity contribution in [1.29, 1.82) is 0 Å². The first-order valence-corrected chi connectivity index (χ1v) is 8.44. The number of nitrogens with zero attached hydrogens (tertiary/aromatic N) is 1. The van der Waals surface area contributed by atoms with Gasteiger partial charge in [0.2, 0.25) is 10.0 Å². The second kappa shape index (κ2) is 5.67. The summed E-state index contributed by atoms with van der Waals surface area (Å²) >= 11 is 0. The molecule has 2 rings (SSSR count). The second-order valence-electron chi connectivity index (χ2n) is 5.29. The van der Waals surface area contributed by atoms with E-state index < -0.39 is 10.0 Å². The molecule has 4 nitrogen and oxygen atoms in total. The van der Waals surface area contributed by atoms with Crippen molar-refractivity contribution in [2.24, 2.45) is 5.92 Å². The Morgan fingerprint density at radius 3 is 2.41 bits per heavy atom. The minimum absolute atomic E-state index is 0.254. The molecular weight excluding hydrogens is 236 g/mol. The molecule has 0 unspecified atom stereocenters. The van der Waals surface area contributed by atoms with Crippen LogP contribution in [0.3, 0.4) is 0 Å². The SMILES string of the molecule is CCN(CC1CCC1)S(=O)(=O)CCNC1CC1. The summed E-state index contributed by atoms with van der Waals surface area (Å²) in [6.45, 7) is 3.89. The summed E-state index contributed by atoms with van der Waals surface area (Å²) in [6, 6.07) is 0.590. The third-order valence-corrected chi connectivity index (χ3v) is 5.72. The minimum atomic E-state index is -3.04. The second-order valence-corrected chi connectivity index (χ2v) is 7.38. The van der Waals surface area contributed by atoms with Gasteiger partial charge in [-0.3, -0.25) is 0 Å². The maximum absolute atomic E-state index is 12.1. The fraction of sp³-hybridized carbons (Fsp3) is 1.00. The molecule has 1 N–H and O–H groups in total. The Morgan fingerprint density at radius 1 is 1.24 bits per heavy atom. The first kappa shape index (κ1) is 13.3. The molecule has 0 saturated heterocycles. The van der Waals surface area contributed by atoms with Gasteiger partial charge in [-0.2, -0.15) is 0 Å². The number of nitrogens with one attached hydrogen (secondary N) is 1. The summed E-state index contributed by atoms with van der Waals surface area (Å²) in [4.78, 5) is 0. The molecule has 0 atom stereocenters. The van der Waals surface area contributed by atoms with Crippen molar-refractivity contribution in [1.82, 2.24) is 9.62 Å². The maximum atomic E-state index is 12.1. The van der Waals surface area contributed by atoms with Gasteiger partial charge in [0.05, 0.1) is 5.75 Å². The van der Waals surface area contributed by atoms with E-state index in [0.717, 1.165) is 6.54 Å². The maximum Gasteiger partial charge on any atom is 0.215 e. The molecule has 0 spiro atoms. The molecule has 0 amide bonds. The molecule has 0 aromatic carbocycles. The Labute approximate surface area is 105 Å². The Hall–Kier alpha value is -0.130. The number of sulfonamides is 1. The average molecular weight is 260 g/mol. The van der Waals surface area contributed by atoms with E-state index in [0.29, 0.717) is 25.0 Å². The Bertz CT molecular complexity index is 334. The first-order chi connectivity index (χ1) is 8.12. The normalized spacial score (nSPS) is 21.8. The summed E-state index contributed by atoms with van der Waals surface area (Å²) in [7, 11) is -3.04. The van der Waals surface area contributed by atoms with Crippen LogP contribution in [0.25, 0.3) is 0 Å². The van der Waals surface area contributed by atoms with Gasteiger partial charge in [0.25, 0.3) is 0 Å². The fourth-order valence-electron chi connectivity index (χ4n) is 2.21. The molecule has 2 aliphatic rings. The van der Waals surface area contributed by atoms with Crippen LogP contribution in [0.15, 0.2) is 0 Å². The topological polar surface area (TPSA) is 49.4 Å². The van der Waals surface area contributed by atoms with E-state index in [4.69, 9.17) is 0 Å². The lowest BCUT2D eigenvalue weighted by Crippen LogP contribution is -2.40. The van der Waals surface area contributed by atoms with Gasteiger partial charge < -0.3 is 5.32 Å². The lowest BCUT2D eigenvalue weighted by atomic mass is 9.85. The molecule has 0 aromatic rings. The highest BCUT2D eigenvalue weighted by atomic mass is 32.2. The molecule has 2 saturated carbocycles. The smallest absolute Gasteiger partial charge is 0.215 e. The third-order valence-electron chi connectivity index (χ3n) is 3.80. The quantitative estimate of drug-likeness (QED) is 0.713. The van der Waals surface area contributed by atoms with E-state index >= 15 is 0 Å². The zero-order valence-corrected chi connectivity index (χ0v) is 11.5. The van der Waals surface area contributed by atoms with E-state index in [1.54, 1.807) is 4.31 Å². The summed E-state index contributed by atoms with van der Waals surface area (Å²) in [5.41, 5.74) is 0. The van der Waals surface area contributed by atoms with Crippen molar-refractivity contribution >= 4 is 10.0 Å². The highest BCUT2D eigenvalue weighted by Crippen LogP contribution is 2.27. The predicted molar refractivity (Wildman–Crippen MR) is 69.4 cm³/mol. The van der Waals surface area contributed by atoms with Crippen LogP contribution in [-0.4, -0.2) is 44.2 Å². The molecule has 0 radical (unpaired) electrons. The van der Waals surface area contributed by atoms with Crippen LogP contribution in [0.5, 0.6) is 0 Å². The van der Waals surface area contributed by atoms with Gasteiger partial charge in [0.1, 0.15) is 0 Å². The van der Waals surface area contributed by atoms with Crippen molar-refractivity contribution in [3.8, 4) is 0 Å². The Balaban J connectivity index is 1.76. The molecule has 2 fully saturated rings. The zero-order chi connectivity index (χ0) is 12.3. The van der Waals surface area contributed by atoms with Gasteiger partial charge in [-0.1, -0.05) is 13.3 Å². The summed E-state index contributed by atoms with van der Waals surface area (Å²) in [6.07, 6.45) is 6.09. The molecule has 2 aliphatic carbocycles. The van der Waals surface area contributed by atoms with Crippen LogP contribution in [-0.2, 0) is 10.0 Å². The number of hydrogen-bond acceptors (Lipinski definition) is 3. The lowest BCUT2D eigenvalue weighted by Gasteiger charge is -2.31. The van der Waals surface area contributed by atoms with Crippen LogP contribution in [0.4, 0.5) is 0 Å². The number of rotatable bonds is 8. The van der Waals surface area contributed by atoms with E-state index in [2.05, 4.69) is 5.32 Å². The minimum Gasteiger partial charge on any atom is -0.313 e. The molecule has 5 heteroatoms. The predicted octanol–water partition coefficient (Wildman–Crippen LogP) is 1.19. The van der Waals surface area contributed by atoms with Crippen LogP contribution in [0, 0.1) is 5.92 Å². The van der Waals surface area contributed by atoms with Gasteiger partial charge in [0, 0.05) is 25.7 Å². The van der Waals surface area contributed by atoms with Gasteiger partial charge in [-0.05, 0) is 31.6 Å². The summed E-state index contributed by atoms with van der Waals surface area (Å²) in [5.74, 6) is 0.866. The van der Waals surface area contributed by atoms with Gasteiger partial charge >= 0.3 is 0 Å². The van der Waals surface area contributed by atoms with Crippen molar-refractivity contribution in [3.05, 3.63) is 0 Å². The van der Waals surface area contributed by atoms with Crippen molar-refractivity contribution in [2.75, 3.05) is 25.4 Å². The van der Waals surface area contributed by atoms with Crippen LogP contribution < -0.4 is 5.32 Å². The first-order valence-electron chi connectivity index (χ1n) is 6.83. The van der Waals surface area contributed by atoms with E-state index in [1.807, 2.05) is 6.92 Å². The molecule has 0 bridgehead atoms. The largest absolute Gasteiger partial charge is 0.313 e. The van der Waals surface area contributed by atoms with E-state index in [1.165, 1.54) is 32.1 Å². The highest BCUT2D eigenvalue weighted by Gasteiger charge is 2.27. The third kappa shape index (κ3) is 3.93. The van der Waals surface area contributed by atoms with Crippen molar-refractivity contribution in [3.63, 3.8) is 0 Å². The van der Waals surface area contributed by atoms with Gasteiger partial charge in [0.15, 0.2) is 0 Å². The fourth-order valence-corrected chi connectivity index (χ4v) is 3.68. The lowest BCUT2D eigenvalue weighted by molar-refractivity contribution is 0.250. The molecule has 0 aromatic heterocycles. The van der Waals surface area contributed by atoms with Crippen LogP contribution >= 0.6 is 0 Å². The zero-order valence-electron chi connectivity index (χ0n) is 10.7. The standard InChI is InChI=1S/C12H24N2O2S/c1-2-14(10-11-4-3-5-11)17(15,16)9-8-13-12-6-7-12/h11-13H,2-10H2,1H3. The van der Waals surface area contributed by atoms with Gasteiger partial charge in [-0.25, -0.2) is 12.7 Å². The average Bonchev–Trinajstić information content (AvgIpc) is 2.99. The summed E-state index contributed by atoms with van der Waals surface area (Å²) in [5, 5.41) is 3.27. The molecule has 17 heavy (non-hydrogen) atoms. The van der Waals surface area contributed by atoms with E-state index in [-0.39, 0.29) is 5.75 Å². The van der Waals surface area contributed by atoms with Crippen molar-refractivity contribution in [2.45, 2.75) is 45.1 Å². The molecule has 0 heterocycles. The molecular formula is C12H24N2O2S.